The number of likely N-dealkylation sites (tertiary alicyclic amines) is 1. The van der Waals surface area contributed by atoms with Gasteiger partial charge in [0, 0.05) is 37.2 Å². The summed E-state index contributed by atoms with van der Waals surface area (Å²) in [5.74, 6) is 0.722. The van der Waals surface area contributed by atoms with Crippen molar-refractivity contribution in [3.05, 3.63) is 89.4 Å². The van der Waals surface area contributed by atoms with Crippen LogP contribution < -0.4 is 9.64 Å². The molecule has 5 rings (SSSR count). The fourth-order valence-electron chi connectivity index (χ4n) is 4.60. The van der Waals surface area contributed by atoms with Crippen molar-refractivity contribution in [2.45, 2.75) is 31.5 Å². The number of para-hydroxylation sites is 1. The molecule has 1 atom stereocenters. The van der Waals surface area contributed by atoms with Crippen LogP contribution in [0.1, 0.15) is 18.4 Å². The van der Waals surface area contributed by atoms with E-state index in [2.05, 4.69) is 58.3 Å². The first kappa shape index (κ1) is 24.1. The highest BCUT2D eigenvalue weighted by atomic mass is 35.5. The molecule has 2 heterocycles. The molecule has 3 aromatic carbocycles. The molecule has 0 saturated carbocycles. The van der Waals surface area contributed by atoms with E-state index >= 15 is 0 Å². The SMILES string of the molecule is OC(COc1ccc(Cl)cc1)CN1CCC(N(Cc2ccccc2)c2nc3ccccc3s2)CC1. The van der Waals surface area contributed by atoms with Crippen LogP contribution in [0.4, 0.5) is 5.13 Å². The van der Waals surface area contributed by atoms with Gasteiger partial charge in [-0.1, -0.05) is 65.4 Å². The van der Waals surface area contributed by atoms with E-state index in [9.17, 15) is 5.11 Å². The minimum Gasteiger partial charge on any atom is -0.491 e. The van der Waals surface area contributed by atoms with E-state index in [0.717, 1.165) is 48.9 Å². The third-order valence-electron chi connectivity index (χ3n) is 6.45. The smallest absolute Gasteiger partial charge is 0.186 e. The Morgan fingerprint density at radius 3 is 2.46 bits per heavy atom. The Balaban J connectivity index is 1.20. The van der Waals surface area contributed by atoms with Crippen molar-refractivity contribution >= 4 is 38.3 Å². The molecule has 182 valence electrons. The van der Waals surface area contributed by atoms with Gasteiger partial charge in [-0.25, -0.2) is 4.98 Å². The van der Waals surface area contributed by atoms with E-state index < -0.39 is 6.10 Å². The number of β-amino-alcohol motifs (C(OH)–C–C–N with tert-alkyl or cyclic N) is 1. The molecule has 1 saturated heterocycles. The molecule has 0 radical (unpaired) electrons. The van der Waals surface area contributed by atoms with Crippen LogP contribution in [-0.2, 0) is 6.54 Å². The van der Waals surface area contributed by atoms with Crippen LogP contribution in [0.25, 0.3) is 10.2 Å². The molecule has 1 aromatic heterocycles. The zero-order valence-electron chi connectivity index (χ0n) is 19.6. The van der Waals surface area contributed by atoms with Crippen molar-refractivity contribution in [3.63, 3.8) is 0 Å². The Kier molecular flexibility index (Phi) is 7.84. The van der Waals surface area contributed by atoms with Gasteiger partial charge in [0.1, 0.15) is 18.5 Å². The monoisotopic (exact) mass is 507 g/mol. The number of aliphatic hydroxyl groups excluding tert-OH is 1. The summed E-state index contributed by atoms with van der Waals surface area (Å²) in [5.41, 5.74) is 2.36. The van der Waals surface area contributed by atoms with Gasteiger partial charge in [0.05, 0.1) is 10.2 Å². The highest BCUT2D eigenvalue weighted by Gasteiger charge is 2.28. The third kappa shape index (κ3) is 6.33. The molecule has 0 amide bonds. The zero-order chi connectivity index (χ0) is 24.0. The standard InChI is InChI=1S/C28H30ClN3O2S/c29-22-10-12-25(13-11-22)34-20-24(33)19-31-16-14-23(15-17-31)32(18-21-6-2-1-3-7-21)28-30-26-8-4-5-9-27(26)35-28/h1-13,23-24,33H,14-20H2. The van der Waals surface area contributed by atoms with Crippen molar-refractivity contribution in [2.24, 2.45) is 0 Å². The maximum Gasteiger partial charge on any atom is 0.186 e. The molecule has 1 aliphatic heterocycles. The number of aliphatic hydroxyl groups is 1. The summed E-state index contributed by atoms with van der Waals surface area (Å²) < 4.78 is 6.95. The van der Waals surface area contributed by atoms with E-state index in [-0.39, 0.29) is 6.61 Å². The van der Waals surface area contributed by atoms with Gasteiger partial charge >= 0.3 is 0 Å². The fourth-order valence-corrected chi connectivity index (χ4v) is 5.77. The van der Waals surface area contributed by atoms with Crippen molar-refractivity contribution in [2.75, 3.05) is 31.1 Å². The maximum absolute atomic E-state index is 10.5. The molecule has 35 heavy (non-hydrogen) atoms. The van der Waals surface area contributed by atoms with Crippen molar-refractivity contribution in [1.29, 1.82) is 0 Å². The average Bonchev–Trinajstić information content (AvgIpc) is 3.32. The second-order valence-corrected chi connectivity index (χ2v) is 10.5. The highest BCUT2D eigenvalue weighted by Crippen LogP contribution is 2.33. The lowest BCUT2D eigenvalue weighted by Gasteiger charge is -2.39. The van der Waals surface area contributed by atoms with Gasteiger partial charge in [0.25, 0.3) is 0 Å². The Morgan fingerprint density at radius 2 is 1.71 bits per heavy atom. The Bertz CT molecular complexity index is 1180. The molecule has 4 aromatic rings. The van der Waals surface area contributed by atoms with E-state index in [1.807, 2.05) is 18.2 Å². The molecule has 7 heteroatoms. The first-order chi connectivity index (χ1) is 17.1. The molecule has 1 fully saturated rings. The second-order valence-electron chi connectivity index (χ2n) is 9.03. The van der Waals surface area contributed by atoms with Crippen LogP contribution in [0.15, 0.2) is 78.9 Å². The molecule has 0 aliphatic carbocycles. The van der Waals surface area contributed by atoms with E-state index in [1.165, 1.54) is 10.3 Å². The zero-order valence-corrected chi connectivity index (χ0v) is 21.2. The molecular weight excluding hydrogens is 478 g/mol. The molecule has 1 aliphatic rings. The summed E-state index contributed by atoms with van der Waals surface area (Å²) >= 11 is 7.70. The third-order valence-corrected chi connectivity index (χ3v) is 7.77. The van der Waals surface area contributed by atoms with Gasteiger partial charge in [0.2, 0.25) is 0 Å². The van der Waals surface area contributed by atoms with Crippen molar-refractivity contribution in [1.82, 2.24) is 9.88 Å². The topological polar surface area (TPSA) is 48.8 Å². The largest absolute Gasteiger partial charge is 0.491 e. The number of rotatable bonds is 9. The van der Waals surface area contributed by atoms with Crippen LogP contribution in [0.5, 0.6) is 5.75 Å². The predicted molar refractivity (Wildman–Crippen MR) is 145 cm³/mol. The molecular formula is C28H30ClN3O2S. The lowest BCUT2D eigenvalue weighted by molar-refractivity contribution is 0.0592. The van der Waals surface area contributed by atoms with Gasteiger partial charge < -0.3 is 19.6 Å². The lowest BCUT2D eigenvalue weighted by atomic mass is 10.0. The van der Waals surface area contributed by atoms with E-state index in [0.29, 0.717) is 17.6 Å². The van der Waals surface area contributed by atoms with Crippen molar-refractivity contribution < 1.29 is 9.84 Å². The Labute approximate surface area is 215 Å². The maximum atomic E-state index is 10.5. The quantitative estimate of drug-likeness (QED) is 0.307. The summed E-state index contributed by atoms with van der Waals surface area (Å²) in [5, 5.41) is 12.3. The number of hydrogen-bond acceptors (Lipinski definition) is 6. The van der Waals surface area contributed by atoms with Crippen LogP contribution in [0.3, 0.4) is 0 Å². The fraction of sp³-hybridized carbons (Fsp3) is 0.321. The van der Waals surface area contributed by atoms with Crippen LogP contribution in [0, 0.1) is 0 Å². The molecule has 1 N–H and O–H groups in total. The Hall–Kier alpha value is -2.64. The number of piperidine rings is 1. The normalized spacial score (nSPS) is 15.8. The number of thiazole rings is 1. The number of anilines is 1. The number of halogens is 1. The number of benzene rings is 3. The number of aromatic nitrogens is 1. The Morgan fingerprint density at radius 1 is 1.00 bits per heavy atom. The molecule has 5 nitrogen and oxygen atoms in total. The average molecular weight is 508 g/mol. The summed E-state index contributed by atoms with van der Waals surface area (Å²) in [6.07, 6.45) is 1.54. The predicted octanol–water partition coefficient (Wildman–Crippen LogP) is 5.86. The number of nitrogens with zero attached hydrogens (tertiary/aromatic N) is 3. The number of fused-ring (bicyclic) bond motifs is 1. The summed E-state index contributed by atoms with van der Waals surface area (Å²) in [7, 11) is 0. The van der Waals surface area contributed by atoms with Gasteiger partial charge in [-0.05, 0) is 54.8 Å². The molecule has 0 spiro atoms. The highest BCUT2D eigenvalue weighted by molar-refractivity contribution is 7.22. The summed E-state index contributed by atoms with van der Waals surface area (Å²) in [4.78, 5) is 9.80. The lowest BCUT2D eigenvalue weighted by Crippen LogP contribution is -2.47. The second kappa shape index (κ2) is 11.4. The van der Waals surface area contributed by atoms with Gasteiger partial charge in [-0.3, -0.25) is 0 Å². The molecule has 1 unspecified atom stereocenters. The first-order valence-electron chi connectivity index (χ1n) is 12.1. The molecule has 0 bridgehead atoms. The van der Waals surface area contributed by atoms with Gasteiger partial charge in [-0.15, -0.1) is 0 Å². The van der Waals surface area contributed by atoms with Crippen LogP contribution in [0.2, 0.25) is 5.02 Å². The van der Waals surface area contributed by atoms with Crippen LogP contribution in [-0.4, -0.2) is 53.4 Å². The minimum absolute atomic E-state index is 0.271. The first-order valence-corrected chi connectivity index (χ1v) is 13.3. The summed E-state index contributed by atoms with van der Waals surface area (Å²) in [6, 6.07) is 26.6. The number of hydrogen-bond donors (Lipinski definition) is 1. The van der Waals surface area contributed by atoms with Crippen LogP contribution >= 0.6 is 22.9 Å². The number of ether oxygens (including phenoxy) is 1. The summed E-state index contributed by atoms with van der Waals surface area (Å²) in [6.45, 7) is 3.62. The van der Waals surface area contributed by atoms with Gasteiger partial charge in [0.15, 0.2) is 5.13 Å². The van der Waals surface area contributed by atoms with E-state index in [1.54, 1.807) is 23.5 Å². The minimum atomic E-state index is -0.535. The van der Waals surface area contributed by atoms with Gasteiger partial charge in [-0.2, -0.15) is 0 Å². The van der Waals surface area contributed by atoms with E-state index in [4.69, 9.17) is 21.3 Å². The van der Waals surface area contributed by atoms with Crippen molar-refractivity contribution in [3.8, 4) is 5.75 Å².